The lowest BCUT2D eigenvalue weighted by Gasteiger charge is -2.27. The van der Waals surface area contributed by atoms with Crippen molar-refractivity contribution in [1.82, 2.24) is 0 Å². The van der Waals surface area contributed by atoms with Gasteiger partial charge in [-0.1, -0.05) is 25.5 Å². The van der Waals surface area contributed by atoms with Crippen LogP contribution in [0.3, 0.4) is 0 Å². The molecule has 2 saturated carbocycles. The lowest BCUT2D eigenvalue weighted by Crippen LogP contribution is -2.42. The van der Waals surface area contributed by atoms with Gasteiger partial charge in [-0.05, 0) is 55.2 Å². The second-order valence-electron chi connectivity index (χ2n) is 7.64. The van der Waals surface area contributed by atoms with Crippen LogP contribution in [-0.4, -0.2) is 31.8 Å². The van der Waals surface area contributed by atoms with Crippen molar-refractivity contribution in [3.63, 3.8) is 0 Å². The topological polar surface area (TPSA) is 73.6 Å². The second kappa shape index (κ2) is 9.49. The molecule has 2 fully saturated rings. The van der Waals surface area contributed by atoms with Gasteiger partial charge in [0, 0.05) is 18.3 Å². The number of rotatable bonds is 10. The van der Waals surface area contributed by atoms with Crippen molar-refractivity contribution in [3.8, 4) is 0 Å². The summed E-state index contributed by atoms with van der Waals surface area (Å²) in [6, 6.07) is 7.89. The predicted octanol–water partition coefficient (Wildman–Crippen LogP) is 3.33. The maximum Gasteiger partial charge on any atom is 0.229 e. The average Bonchev–Trinajstić information content (AvgIpc) is 3.22. The van der Waals surface area contributed by atoms with Gasteiger partial charge in [0.25, 0.3) is 0 Å². The fourth-order valence-corrected chi connectivity index (χ4v) is 4.35. The van der Waals surface area contributed by atoms with Gasteiger partial charge >= 0.3 is 0 Å². The first kappa shape index (κ1) is 19.3. The fourth-order valence-electron chi connectivity index (χ4n) is 4.35. The Hall–Kier alpha value is -1.43. The molecule has 0 spiro atoms. The summed E-state index contributed by atoms with van der Waals surface area (Å²) in [5.41, 5.74) is 8.15. The Labute approximate surface area is 156 Å². The lowest BCUT2D eigenvalue weighted by molar-refractivity contribution is -0.121. The van der Waals surface area contributed by atoms with Crippen LogP contribution in [0.1, 0.15) is 44.6 Å². The number of nitrogens with two attached hydrogens (primary N) is 1. The van der Waals surface area contributed by atoms with Gasteiger partial charge < -0.3 is 20.5 Å². The van der Waals surface area contributed by atoms with Crippen molar-refractivity contribution >= 4 is 11.6 Å². The molecular formula is C21H32N2O3. The van der Waals surface area contributed by atoms with E-state index in [1.165, 1.54) is 6.42 Å². The van der Waals surface area contributed by atoms with Gasteiger partial charge in [0.15, 0.2) is 0 Å². The van der Waals surface area contributed by atoms with E-state index in [0.717, 1.165) is 43.5 Å². The third kappa shape index (κ3) is 4.84. The number of unbranched alkanes of at least 4 members (excludes halogenated alkanes) is 1. The third-order valence-corrected chi connectivity index (χ3v) is 5.76. The summed E-state index contributed by atoms with van der Waals surface area (Å²) < 4.78 is 11.1. The van der Waals surface area contributed by atoms with Crippen molar-refractivity contribution in [2.75, 3.05) is 25.1 Å². The number of ether oxygens (including phenoxy) is 2. The predicted molar refractivity (Wildman–Crippen MR) is 103 cm³/mol. The minimum absolute atomic E-state index is 0.0213. The first-order valence-corrected chi connectivity index (χ1v) is 10.00. The van der Waals surface area contributed by atoms with Crippen LogP contribution in [0.5, 0.6) is 0 Å². The molecule has 4 unspecified atom stereocenters. The average molecular weight is 360 g/mol. The highest BCUT2D eigenvalue weighted by Gasteiger charge is 2.49. The first-order chi connectivity index (χ1) is 12.7. The molecule has 26 heavy (non-hydrogen) atoms. The highest BCUT2D eigenvalue weighted by atomic mass is 16.5. The Balaban J connectivity index is 1.43. The molecule has 0 aromatic heterocycles. The van der Waals surface area contributed by atoms with Gasteiger partial charge in [-0.3, -0.25) is 4.79 Å². The number of nitrogens with one attached hydrogen (secondary N) is 1. The molecule has 144 valence electrons. The van der Waals surface area contributed by atoms with Gasteiger partial charge in [0.2, 0.25) is 5.91 Å². The zero-order chi connectivity index (χ0) is 18.4. The minimum atomic E-state index is -0.0334. The van der Waals surface area contributed by atoms with Gasteiger partial charge in [-0.25, -0.2) is 0 Å². The van der Waals surface area contributed by atoms with E-state index in [1.54, 1.807) is 0 Å². The maximum absolute atomic E-state index is 12.7. The molecule has 3 rings (SSSR count). The largest absolute Gasteiger partial charge is 0.379 e. The molecule has 0 heterocycles. The number of hydrogen-bond acceptors (Lipinski definition) is 4. The third-order valence-electron chi connectivity index (χ3n) is 5.76. The Morgan fingerprint density at radius 3 is 2.77 bits per heavy atom. The Morgan fingerprint density at radius 1 is 1.19 bits per heavy atom. The molecule has 4 atom stereocenters. The zero-order valence-electron chi connectivity index (χ0n) is 15.8. The highest BCUT2D eigenvalue weighted by Crippen LogP contribution is 2.47. The van der Waals surface area contributed by atoms with E-state index < -0.39 is 0 Å². The Bertz CT molecular complexity index is 590. The van der Waals surface area contributed by atoms with E-state index in [4.69, 9.17) is 15.2 Å². The number of fused-ring (bicyclic) bond motifs is 2. The summed E-state index contributed by atoms with van der Waals surface area (Å²) in [7, 11) is 0. The lowest BCUT2D eigenvalue weighted by atomic mass is 9.84. The molecule has 1 aromatic rings. The molecule has 0 saturated heterocycles. The molecule has 2 aliphatic carbocycles. The fraction of sp³-hybridized carbons (Fsp3) is 0.667. The van der Waals surface area contributed by atoms with E-state index in [1.807, 2.05) is 24.3 Å². The van der Waals surface area contributed by atoms with E-state index in [0.29, 0.717) is 31.7 Å². The van der Waals surface area contributed by atoms with Crippen molar-refractivity contribution in [2.24, 2.45) is 23.5 Å². The molecule has 3 N–H and O–H groups in total. The zero-order valence-corrected chi connectivity index (χ0v) is 15.8. The van der Waals surface area contributed by atoms with Crippen molar-refractivity contribution in [3.05, 3.63) is 29.8 Å². The monoisotopic (exact) mass is 360 g/mol. The van der Waals surface area contributed by atoms with E-state index in [2.05, 4.69) is 12.2 Å². The number of amides is 1. The van der Waals surface area contributed by atoms with Gasteiger partial charge in [0.05, 0.1) is 25.7 Å². The number of carbonyl (C=O) groups is 1. The van der Waals surface area contributed by atoms with Crippen molar-refractivity contribution < 1.29 is 14.3 Å². The van der Waals surface area contributed by atoms with E-state index in [9.17, 15) is 4.79 Å². The maximum atomic E-state index is 12.7. The standard InChI is InChI=1S/C21H32N2O3/c1-2-3-9-25-10-11-26-14-15-5-4-6-18(12-15)23-21(24)19-16-7-8-17(13-16)20(19)22/h4-6,12,16-17,19-20H,2-3,7-11,13-14,22H2,1H3,(H,23,24). The van der Waals surface area contributed by atoms with Crippen molar-refractivity contribution in [1.29, 1.82) is 0 Å². The van der Waals surface area contributed by atoms with Crippen LogP contribution in [0, 0.1) is 17.8 Å². The number of benzene rings is 1. The van der Waals surface area contributed by atoms with Crippen LogP contribution >= 0.6 is 0 Å². The summed E-state index contributed by atoms with van der Waals surface area (Å²) in [5, 5.41) is 3.07. The Kier molecular flexibility index (Phi) is 7.06. The van der Waals surface area contributed by atoms with Crippen LogP contribution in [-0.2, 0) is 20.9 Å². The highest BCUT2D eigenvalue weighted by molar-refractivity contribution is 5.93. The number of hydrogen-bond donors (Lipinski definition) is 2. The van der Waals surface area contributed by atoms with E-state index >= 15 is 0 Å². The quantitative estimate of drug-likeness (QED) is 0.628. The molecule has 5 heteroatoms. The number of anilines is 1. The molecule has 2 aliphatic rings. The molecule has 5 nitrogen and oxygen atoms in total. The summed E-state index contributed by atoms with van der Waals surface area (Å²) in [6.07, 6.45) is 5.68. The van der Waals surface area contributed by atoms with E-state index in [-0.39, 0.29) is 17.9 Å². The normalized spacial score (nSPS) is 27.0. The molecular weight excluding hydrogens is 328 g/mol. The van der Waals surface area contributed by atoms with Crippen LogP contribution in [0.2, 0.25) is 0 Å². The molecule has 1 amide bonds. The minimum Gasteiger partial charge on any atom is -0.379 e. The van der Waals surface area contributed by atoms with Gasteiger partial charge in [-0.15, -0.1) is 0 Å². The Morgan fingerprint density at radius 2 is 2.00 bits per heavy atom. The summed E-state index contributed by atoms with van der Waals surface area (Å²) in [5.74, 6) is 1.05. The summed E-state index contributed by atoms with van der Waals surface area (Å²) in [4.78, 5) is 12.7. The summed E-state index contributed by atoms with van der Waals surface area (Å²) in [6.45, 7) is 4.68. The van der Waals surface area contributed by atoms with Crippen LogP contribution in [0.25, 0.3) is 0 Å². The van der Waals surface area contributed by atoms with Gasteiger partial charge in [0.1, 0.15) is 0 Å². The molecule has 2 bridgehead atoms. The number of carbonyl (C=O) groups excluding carboxylic acids is 1. The smallest absolute Gasteiger partial charge is 0.229 e. The molecule has 0 aliphatic heterocycles. The van der Waals surface area contributed by atoms with Gasteiger partial charge in [-0.2, -0.15) is 0 Å². The van der Waals surface area contributed by atoms with Crippen LogP contribution in [0.15, 0.2) is 24.3 Å². The SMILES string of the molecule is CCCCOCCOCc1cccc(NC(=O)C2C3CCC(C3)C2N)c1. The first-order valence-electron chi connectivity index (χ1n) is 10.00. The summed E-state index contributed by atoms with van der Waals surface area (Å²) >= 11 is 0. The molecule has 1 aromatic carbocycles. The second-order valence-corrected chi connectivity index (χ2v) is 7.64. The van der Waals surface area contributed by atoms with Crippen molar-refractivity contribution in [2.45, 2.75) is 51.7 Å². The van der Waals surface area contributed by atoms with Crippen LogP contribution < -0.4 is 11.1 Å². The molecule has 0 radical (unpaired) electrons. The van der Waals surface area contributed by atoms with Crippen LogP contribution in [0.4, 0.5) is 5.69 Å².